The van der Waals surface area contributed by atoms with Crippen molar-refractivity contribution >= 4 is 45.6 Å². The minimum Gasteiger partial charge on any atom is -0.301 e. The van der Waals surface area contributed by atoms with Crippen molar-refractivity contribution in [3.05, 3.63) is 33.1 Å². The zero-order valence-electron chi connectivity index (χ0n) is 14.6. The second-order valence-electron chi connectivity index (χ2n) is 5.71. The molecule has 10 nitrogen and oxygen atoms in total. The number of hydrogen-bond acceptors (Lipinski definition) is 8. The van der Waals surface area contributed by atoms with Gasteiger partial charge in [0, 0.05) is 13.1 Å². The van der Waals surface area contributed by atoms with Crippen LogP contribution in [-0.4, -0.2) is 52.0 Å². The van der Waals surface area contributed by atoms with E-state index >= 15 is 0 Å². The summed E-state index contributed by atoms with van der Waals surface area (Å²) in [7, 11) is 0. The SMILES string of the molecule is CSc1nc2c(cnn2CCCn2ncc3c(=O)[nH]c(SC)nc32)c(=O)[nH]1. The predicted molar refractivity (Wildman–Crippen MR) is 104 cm³/mol. The fourth-order valence-electron chi connectivity index (χ4n) is 2.78. The maximum atomic E-state index is 12.1. The molecule has 0 aromatic carbocycles. The van der Waals surface area contributed by atoms with Gasteiger partial charge in [0.2, 0.25) is 0 Å². The van der Waals surface area contributed by atoms with Crippen molar-refractivity contribution < 1.29 is 0 Å². The molecule has 0 atom stereocenters. The smallest absolute Gasteiger partial charge is 0.262 e. The Bertz CT molecular complexity index is 1140. The van der Waals surface area contributed by atoms with E-state index in [0.29, 0.717) is 51.9 Å². The number of aromatic amines is 2. The normalized spacial score (nSPS) is 11.6. The molecule has 0 saturated carbocycles. The number of thioether (sulfide) groups is 2. The Morgan fingerprint density at radius 2 is 1.30 bits per heavy atom. The summed E-state index contributed by atoms with van der Waals surface area (Å²) >= 11 is 2.75. The Morgan fingerprint density at radius 1 is 0.852 bits per heavy atom. The van der Waals surface area contributed by atoms with Gasteiger partial charge >= 0.3 is 0 Å². The van der Waals surface area contributed by atoms with Crippen molar-refractivity contribution in [3.63, 3.8) is 0 Å². The minimum atomic E-state index is -0.193. The molecular weight excluding hydrogens is 388 g/mol. The van der Waals surface area contributed by atoms with Gasteiger partial charge in [0.25, 0.3) is 11.1 Å². The van der Waals surface area contributed by atoms with E-state index in [1.54, 1.807) is 9.36 Å². The molecular formula is C15H16N8O2S2. The molecule has 0 bridgehead atoms. The van der Waals surface area contributed by atoms with Crippen molar-refractivity contribution in [3.8, 4) is 0 Å². The first kappa shape index (κ1) is 17.8. The fourth-order valence-corrected chi connectivity index (χ4v) is 3.53. The second kappa shape index (κ2) is 7.19. The molecule has 4 heterocycles. The number of rotatable bonds is 6. The van der Waals surface area contributed by atoms with Gasteiger partial charge in [-0.15, -0.1) is 0 Å². The molecule has 0 saturated heterocycles. The first-order valence-corrected chi connectivity index (χ1v) is 10.6. The number of H-pyrrole nitrogens is 2. The molecule has 0 unspecified atom stereocenters. The van der Waals surface area contributed by atoms with Crippen LogP contribution >= 0.6 is 23.5 Å². The Balaban J connectivity index is 1.57. The van der Waals surface area contributed by atoms with Crippen LogP contribution in [0.2, 0.25) is 0 Å². The van der Waals surface area contributed by atoms with Gasteiger partial charge in [0.05, 0.1) is 12.4 Å². The van der Waals surface area contributed by atoms with Gasteiger partial charge in [-0.25, -0.2) is 19.3 Å². The summed E-state index contributed by atoms with van der Waals surface area (Å²) in [6.45, 7) is 1.13. The number of nitrogens with zero attached hydrogens (tertiary/aromatic N) is 6. The van der Waals surface area contributed by atoms with Crippen LogP contribution in [0.1, 0.15) is 6.42 Å². The zero-order chi connectivity index (χ0) is 19.0. The highest BCUT2D eigenvalue weighted by atomic mass is 32.2. The van der Waals surface area contributed by atoms with E-state index in [2.05, 4.69) is 30.1 Å². The molecule has 4 aromatic rings. The molecule has 0 radical (unpaired) electrons. The van der Waals surface area contributed by atoms with Gasteiger partial charge in [-0.1, -0.05) is 23.5 Å². The van der Waals surface area contributed by atoms with Gasteiger partial charge in [-0.2, -0.15) is 10.2 Å². The van der Waals surface area contributed by atoms with Gasteiger partial charge in [0.1, 0.15) is 10.8 Å². The fraction of sp³-hybridized carbons (Fsp3) is 0.333. The van der Waals surface area contributed by atoms with E-state index in [1.165, 1.54) is 35.9 Å². The van der Waals surface area contributed by atoms with Crippen LogP contribution in [0, 0.1) is 0 Å². The first-order valence-electron chi connectivity index (χ1n) is 8.10. The minimum absolute atomic E-state index is 0.193. The molecule has 0 amide bonds. The van der Waals surface area contributed by atoms with E-state index in [0.717, 1.165) is 0 Å². The average molecular weight is 404 g/mol. The molecule has 0 fully saturated rings. The predicted octanol–water partition coefficient (Wildman–Crippen LogP) is 1.09. The molecule has 4 rings (SSSR count). The maximum Gasteiger partial charge on any atom is 0.262 e. The summed E-state index contributed by atoms with van der Waals surface area (Å²) in [5.41, 5.74) is 0.740. The van der Waals surface area contributed by atoms with Crippen LogP contribution in [0.5, 0.6) is 0 Å². The molecule has 0 spiro atoms. The average Bonchev–Trinajstić information content (AvgIpc) is 3.27. The third-order valence-corrected chi connectivity index (χ3v) is 5.25. The zero-order valence-corrected chi connectivity index (χ0v) is 16.2. The lowest BCUT2D eigenvalue weighted by atomic mass is 10.4. The van der Waals surface area contributed by atoms with Crippen molar-refractivity contribution in [2.45, 2.75) is 29.8 Å². The number of aromatic nitrogens is 8. The van der Waals surface area contributed by atoms with E-state index in [9.17, 15) is 9.59 Å². The van der Waals surface area contributed by atoms with E-state index < -0.39 is 0 Å². The summed E-state index contributed by atoms with van der Waals surface area (Å²) in [5, 5.41) is 10.6. The second-order valence-corrected chi connectivity index (χ2v) is 7.30. The quantitative estimate of drug-likeness (QED) is 0.361. The maximum absolute atomic E-state index is 12.1. The highest BCUT2D eigenvalue weighted by molar-refractivity contribution is 7.98. The van der Waals surface area contributed by atoms with Crippen LogP contribution < -0.4 is 11.1 Å². The summed E-state index contributed by atoms with van der Waals surface area (Å²) in [6.07, 6.45) is 7.46. The third-order valence-electron chi connectivity index (χ3n) is 4.09. The molecule has 4 aromatic heterocycles. The lowest BCUT2D eigenvalue weighted by molar-refractivity contribution is 0.512. The highest BCUT2D eigenvalue weighted by Gasteiger charge is 2.12. The topological polar surface area (TPSA) is 127 Å². The molecule has 27 heavy (non-hydrogen) atoms. The van der Waals surface area contributed by atoms with Crippen LogP contribution in [0.25, 0.3) is 22.1 Å². The largest absolute Gasteiger partial charge is 0.301 e. The van der Waals surface area contributed by atoms with Gasteiger partial charge in [0.15, 0.2) is 21.6 Å². The lowest BCUT2D eigenvalue weighted by Crippen LogP contribution is -2.12. The third kappa shape index (κ3) is 3.25. The monoisotopic (exact) mass is 404 g/mol. The molecule has 12 heteroatoms. The number of nitrogens with one attached hydrogen (secondary N) is 2. The molecule has 140 valence electrons. The van der Waals surface area contributed by atoms with Gasteiger partial charge in [-0.3, -0.25) is 9.59 Å². The Morgan fingerprint density at radius 3 is 1.70 bits per heavy atom. The Kier molecular flexibility index (Phi) is 4.74. The molecule has 0 aliphatic heterocycles. The standard InChI is InChI=1S/C15H16N8O2S2/c1-26-14-18-10-8(12(24)20-14)6-16-22(10)4-3-5-23-11-9(7-17-23)13(25)21-15(19-11)27-2/h6-7H,3-5H2,1-2H3,(H,18,20,24)(H,19,21,25). The number of aryl methyl sites for hydroxylation is 2. The van der Waals surface area contributed by atoms with Gasteiger partial charge < -0.3 is 9.97 Å². The van der Waals surface area contributed by atoms with Crippen molar-refractivity contribution in [1.82, 2.24) is 39.5 Å². The summed E-state index contributed by atoms with van der Waals surface area (Å²) in [4.78, 5) is 38.4. The van der Waals surface area contributed by atoms with Crippen molar-refractivity contribution in [2.75, 3.05) is 12.5 Å². The van der Waals surface area contributed by atoms with Crippen molar-refractivity contribution in [2.24, 2.45) is 0 Å². The van der Waals surface area contributed by atoms with Crippen LogP contribution in [0.15, 0.2) is 32.3 Å². The molecule has 0 aliphatic rings. The van der Waals surface area contributed by atoms with E-state index in [1.807, 2.05) is 12.5 Å². The van der Waals surface area contributed by atoms with Crippen LogP contribution in [-0.2, 0) is 13.1 Å². The van der Waals surface area contributed by atoms with Crippen LogP contribution in [0.4, 0.5) is 0 Å². The van der Waals surface area contributed by atoms with Crippen molar-refractivity contribution in [1.29, 1.82) is 0 Å². The summed E-state index contributed by atoms with van der Waals surface area (Å²) in [6, 6.07) is 0. The number of fused-ring (bicyclic) bond motifs is 2. The molecule has 0 aliphatic carbocycles. The van der Waals surface area contributed by atoms with Crippen LogP contribution in [0.3, 0.4) is 0 Å². The number of hydrogen-bond donors (Lipinski definition) is 2. The molecule has 2 N–H and O–H groups in total. The summed E-state index contributed by atoms with van der Waals surface area (Å²) < 4.78 is 3.42. The van der Waals surface area contributed by atoms with Gasteiger partial charge in [-0.05, 0) is 18.9 Å². The van der Waals surface area contributed by atoms with E-state index in [-0.39, 0.29) is 11.1 Å². The van der Waals surface area contributed by atoms with E-state index in [4.69, 9.17) is 0 Å². The highest BCUT2D eigenvalue weighted by Crippen LogP contribution is 2.14. The lowest BCUT2D eigenvalue weighted by Gasteiger charge is -2.05. The summed E-state index contributed by atoms with van der Waals surface area (Å²) in [5.74, 6) is 0. The Hall–Kier alpha value is -2.60. The Labute approximate surface area is 160 Å². The first-order chi connectivity index (χ1) is 13.1.